The van der Waals surface area contributed by atoms with Crippen LogP contribution in [-0.4, -0.2) is 9.97 Å². The molecule has 8 heteroatoms. The van der Waals surface area contributed by atoms with E-state index in [2.05, 4.69) is 15.4 Å². The molecule has 1 aromatic carbocycles. The molecule has 0 radical (unpaired) electrons. The predicted octanol–water partition coefficient (Wildman–Crippen LogP) is 3.15. The van der Waals surface area contributed by atoms with Gasteiger partial charge in [0.1, 0.15) is 11.6 Å². The maximum absolute atomic E-state index is 13.1. The molecule has 1 heterocycles. The summed E-state index contributed by atoms with van der Waals surface area (Å²) in [5, 5.41) is 0. The number of aromatic nitrogens is 2. The van der Waals surface area contributed by atoms with Crippen molar-refractivity contribution in [3.63, 3.8) is 0 Å². The van der Waals surface area contributed by atoms with Crippen LogP contribution in [-0.2, 0) is 12.6 Å². The number of benzene rings is 1. The summed E-state index contributed by atoms with van der Waals surface area (Å²) in [6.07, 6.45) is -4.22. The molecule has 4 nitrogen and oxygen atoms in total. The molecule has 2 rings (SSSR count). The lowest BCUT2D eigenvalue weighted by atomic mass is 10.1. The third-order valence-corrected chi connectivity index (χ3v) is 2.82. The molecule has 1 aromatic heterocycles. The van der Waals surface area contributed by atoms with E-state index in [4.69, 9.17) is 5.84 Å². The van der Waals surface area contributed by atoms with Gasteiger partial charge in [0, 0.05) is 17.3 Å². The summed E-state index contributed by atoms with van der Waals surface area (Å²) in [5.41, 5.74) is 1.37. The number of anilines is 1. The summed E-state index contributed by atoms with van der Waals surface area (Å²) >= 11 is 0. The van der Waals surface area contributed by atoms with Crippen molar-refractivity contribution < 1.29 is 17.6 Å². The molecule has 0 saturated carbocycles. The average Bonchev–Trinajstić information content (AvgIpc) is 2.45. The first-order chi connectivity index (χ1) is 9.85. The Morgan fingerprint density at radius 2 is 1.90 bits per heavy atom. The smallest absolute Gasteiger partial charge is 0.308 e. The Morgan fingerprint density at radius 1 is 1.19 bits per heavy atom. The highest BCUT2D eigenvalue weighted by Gasteiger charge is 2.35. The molecule has 0 saturated heterocycles. The second kappa shape index (κ2) is 5.65. The van der Waals surface area contributed by atoms with Crippen molar-refractivity contribution in [2.24, 2.45) is 5.84 Å². The van der Waals surface area contributed by atoms with Gasteiger partial charge in [0.15, 0.2) is 5.82 Å². The van der Waals surface area contributed by atoms with E-state index in [-0.39, 0.29) is 17.2 Å². The Hall–Kier alpha value is -2.22. The third kappa shape index (κ3) is 3.27. The number of nitrogens with two attached hydrogens (primary N) is 1. The summed E-state index contributed by atoms with van der Waals surface area (Å²) in [4.78, 5) is 7.95. The zero-order chi connectivity index (χ0) is 15.6. The first-order valence-corrected chi connectivity index (χ1v) is 6.07. The van der Waals surface area contributed by atoms with Gasteiger partial charge in [-0.15, -0.1) is 0 Å². The van der Waals surface area contributed by atoms with Crippen LogP contribution in [0.15, 0.2) is 24.3 Å². The molecule has 3 N–H and O–H groups in total. The molecular formula is C13H12F4N4. The number of hydrogen-bond donors (Lipinski definition) is 2. The molecule has 0 atom stereocenters. The number of rotatable bonds is 3. The Balaban J connectivity index is 2.66. The van der Waals surface area contributed by atoms with E-state index in [1.807, 2.05) is 0 Å². The van der Waals surface area contributed by atoms with E-state index < -0.39 is 17.6 Å². The maximum atomic E-state index is 13.1. The topological polar surface area (TPSA) is 63.8 Å². The van der Waals surface area contributed by atoms with Crippen LogP contribution in [0, 0.1) is 5.82 Å². The molecule has 0 unspecified atom stereocenters. The number of nitrogens with one attached hydrogen (secondary N) is 1. The summed E-state index contributed by atoms with van der Waals surface area (Å²) < 4.78 is 52.2. The van der Waals surface area contributed by atoms with Crippen LogP contribution in [0.3, 0.4) is 0 Å². The number of aryl methyl sites for hydroxylation is 1. The van der Waals surface area contributed by atoms with Gasteiger partial charge in [-0.1, -0.05) is 6.92 Å². The Labute approximate surface area is 118 Å². The highest BCUT2D eigenvalue weighted by Crippen LogP contribution is 2.36. The normalized spacial score (nSPS) is 11.5. The Bertz CT molecular complexity index is 633. The number of halogens is 4. The van der Waals surface area contributed by atoms with Gasteiger partial charge in [-0.25, -0.2) is 20.2 Å². The van der Waals surface area contributed by atoms with E-state index in [1.54, 1.807) is 6.92 Å². The largest absolute Gasteiger partial charge is 0.417 e. The fraction of sp³-hybridized carbons (Fsp3) is 0.231. The number of nitrogen functional groups attached to an aromatic ring is 1. The molecular weight excluding hydrogens is 288 g/mol. The molecule has 0 aliphatic heterocycles. The molecule has 2 aromatic rings. The number of hydrazine groups is 1. The first kappa shape index (κ1) is 15.2. The average molecular weight is 300 g/mol. The van der Waals surface area contributed by atoms with Crippen LogP contribution >= 0.6 is 0 Å². The molecule has 0 bridgehead atoms. The third-order valence-electron chi connectivity index (χ3n) is 2.82. The molecule has 0 aliphatic rings. The maximum Gasteiger partial charge on any atom is 0.417 e. The van der Waals surface area contributed by atoms with Gasteiger partial charge < -0.3 is 5.43 Å². The van der Waals surface area contributed by atoms with Crippen LogP contribution in [0.25, 0.3) is 11.4 Å². The number of alkyl halides is 3. The minimum atomic E-state index is -4.71. The van der Waals surface area contributed by atoms with Crippen LogP contribution in [0.4, 0.5) is 23.4 Å². The van der Waals surface area contributed by atoms with Gasteiger partial charge in [-0.05, 0) is 24.6 Å². The van der Waals surface area contributed by atoms with Crippen LogP contribution in [0.2, 0.25) is 0 Å². The van der Waals surface area contributed by atoms with Gasteiger partial charge in [0.05, 0.1) is 5.56 Å². The second-order valence-electron chi connectivity index (χ2n) is 4.25. The summed E-state index contributed by atoms with van der Waals surface area (Å²) in [6.45, 7) is 1.79. The molecule has 0 amide bonds. The Morgan fingerprint density at radius 3 is 2.48 bits per heavy atom. The predicted molar refractivity (Wildman–Crippen MR) is 69.6 cm³/mol. The Kier molecular flexibility index (Phi) is 4.08. The fourth-order valence-corrected chi connectivity index (χ4v) is 1.82. The van der Waals surface area contributed by atoms with Crippen molar-refractivity contribution in [3.05, 3.63) is 41.3 Å². The SMILES string of the molecule is CCc1cc(NN)nc(-c2ccc(F)cc2C(F)(F)F)n1. The van der Waals surface area contributed by atoms with E-state index in [0.29, 0.717) is 18.2 Å². The van der Waals surface area contributed by atoms with Gasteiger partial charge in [0.25, 0.3) is 0 Å². The van der Waals surface area contributed by atoms with Crippen molar-refractivity contribution in [2.45, 2.75) is 19.5 Å². The summed E-state index contributed by atoms with van der Waals surface area (Å²) in [6, 6.07) is 3.89. The zero-order valence-electron chi connectivity index (χ0n) is 11.0. The van der Waals surface area contributed by atoms with Gasteiger partial charge in [-0.3, -0.25) is 0 Å². The monoisotopic (exact) mass is 300 g/mol. The van der Waals surface area contributed by atoms with E-state index in [9.17, 15) is 17.6 Å². The van der Waals surface area contributed by atoms with Crippen LogP contribution < -0.4 is 11.3 Å². The number of hydrogen-bond acceptors (Lipinski definition) is 4. The zero-order valence-corrected chi connectivity index (χ0v) is 11.0. The van der Waals surface area contributed by atoms with Crippen LogP contribution in [0.1, 0.15) is 18.2 Å². The number of nitrogens with zero attached hydrogens (tertiary/aromatic N) is 2. The molecule has 21 heavy (non-hydrogen) atoms. The van der Waals surface area contributed by atoms with E-state index in [1.165, 1.54) is 6.07 Å². The molecule has 0 fully saturated rings. The van der Waals surface area contributed by atoms with Crippen molar-refractivity contribution in [1.82, 2.24) is 9.97 Å². The summed E-state index contributed by atoms with van der Waals surface area (Å²) in [5.74, 6) is 4.30. The summed E-state index contributed by atoms with van der Waals surface area (Å²) in [7, 11) is 0. The van der Waals surface area contributed by atoms with Gasteiger partial charge >= 0.3 is 6.18 Å². The fourth-order valence-electron chi connectivity index (χ4n) is 1.82. The van der Waals surface area contributed by atoms with Crippen LogP contribution in [0.5, 0.6) is 0 Å². The van der Waals surface area contributed by atoms with Crippen molar-refractivity contribution in [2.75, 3.05) is 5.43 Å². The van der Waals surface area contributed by atoms with Crippen molar-refractivity contribution in [1.29, 1.82) is 0 Å². The quantitative estimate of drug-likeness (QED) is 0.519. The lowest BCUT2D eigenvalue weighted by Crippen LogP contribution is -2.12. The standard InChI is InChI=1S/C13H12F4N4/c1-2-8-6-11(21-18)20-12(19-8)9-4-3-7(14)5-10(9)13(15,16)17/h3-6H,2,18H2,1H3,(H,19,20,21). The highest BCUT2D eigenvalue weighted by atomic mass is 19.4. The van der Waals surface area contributed by atoms with Gasteiger partial charge in [-0.2, -0.15) is 13.2 Å². The molecule has 112 valence electrons. The highest BCUT2D eigenvalue weighted by molar-refractivity contribution is 5.63. The minimum absolute atomic E-state index is 0.158. The van der Waals surface area contributed by atoms with E-state index in [0.717, 1.165) is 12.1 Å². The molecule has 0 aliphatic carbocycles. The second-order valence-corrected chi connectivity index (χ2v) is 4.25. The van der Waals surface area contributed by atoms with E-state index >= 15 is 0 Å². The first-order valence-electron chi connectivity index (χ1n) is 6.07. The van der Waals surface area contributed by atoms with Gasteiger partial charge in [0.2, 0.25) is 0 Å². The lowest BCUT2D eigenvalue weighted by Gasteiger charge is -2.13. The van der Waals surface area contributed by atoms with Crippen molar-refractivity contribution in [3.8, 4) is 11.4 Å². The lowest BCUT2D eigenvalue weighted by molar-refractivity contribution is -0.137. The van der Waals surface area contributed by atoms with Crippen molar-refractivity contribution >= 4 is 5.82 Å². The minimum Gasteiger partial charge on any atom is -0.308 e. The molecule has 0 spiro atoms.